The summed E-state index contributed by atoms with van der Waals surface area (Å²) in [6, 6.07) is 0. The average Bonchev–Trinajstić information content (AvgIpc) is 2.28. The molecule has 1 aromatic heterocycles. The Morgan fingerprint density at radius 3 is 2.15 bits per heavy atom. The zero-order valence-corrected chi connectivity index (χ0v) is 8.68. The molecule has 1 aromatic rings. The second-order valence-electron chi connectivity index (χ2n) is 3.99. The van der Waals surface area contributed by atoms with Gasteiger partial charge in [0.1, 0.15) is 0 Å². The van der Waals surface area contributed by atoms with Crippen molar-refractivity contribution >= 4 is 0 Å². The molecular formula is C9H15FN2O. The lowest BCUT2D eigenvalue weighted by molar-refractivity contribution is 0.324. The van der Waals surface area contributed by atoms with Gasteiger partial charge in [0.25, 0.3) is 5.88 Å². The fourth-order valence-corrected chi connectivity index (χ4v) is 1.24. The summed E-state index contributed by atoms with van der Waals surface area (Å²) in [5, 5.41) is 4.02. The Kier molecular flexibility index (Phi) is 2.32. The van der Waals surface area contributed by atoms with E-state index in [0.717, 1.165) is 0 Å². The van der Waals surface area contributed by atoms with Crippen LogP contribution in [0.25, 0.3) is 0 Å². The molecule has 13 heavy (non-hydrogen) atoms. The molecule has 0 spiro atoms. The fourth-order valence-electron chi connectivity index (χ4n) is 1.24. The van der Waals surface area contributed by atoms with E-state index >= 15 is 0 Å². The van der Waals surface area contributed by atoms with Crippen LogP contribution < -0.4 is 4.74 Å². The predicted octanol–water partition coefficient (Wildman–Crippen LogP) is 2.09. The molecule has 0 aromatic carbocycles. The lowest BCUT2D eigenvalue weighted by Crippen LogP contribution is -2.24. The number of halogens is 1. The number of hydrogen-bond acceptors (Lipinski definition) is 2. The zero-order chi connectivity index (χ0) is 10.2. The second-order valence-corrected chi connectivity index (χ2v) is 3.99. The lowest BCUT2D eigenvalue weighted by atomic mass is 10.1. The van der Waals surface area contributed by atoms with Gasteiger partial charge >= 0.3 is 0 Å². The molecule has 0 bridgehead atoms. The summed E-state index contributed by atoms with van der Waals surface area (Å²) < 4.78 is 19.8. The van der Waals surface area contributed by atoms with Crippen LogP contribution in [0.4, 0.5) is 4.39 Å². The van der Waals surface area contributed by atoms with Gasteiger partial charge in [0.2, 0.25) is 5.82 Å². The van der Waals surface area contributed by atoms with Crippen molar-refractivity contribution < 1.29 is 9.13 Å². The van der Waals surface area contributed by atoms with Crippen LogP contribution >= 0.6 is 0 Å². The minimum atomic E-state index is -0.377. The molecule has 0 atom stereocenters. The maximum absolute atomic E-state index is 13.3. The third kappa shape index (κ3) is 1.66. The van der Waals surface area contributed by atoms with Crippen molar-refractivity contribution in [1.82, 2.24) is 9.78 Å². The summed E-state index contributed by atoms with van der Waals surface area (Å²) in [4.78, 5) is 0. The number of aromatic nitrogens is 2. The first-order chi connectivity index (χ1) is 5.88. The van der Waals surface area contributed by atoms with E-state index in [2.05, 4.69) is 5.10 Å². The van der Waals surface area contributed by atoms with Crippen LogP contribution in [0, 0.1) is 12.7 Å². The van der Waals surface area contributed by atoms with Crippen molar-refractivity contribution in [1.29, 1.82) is 0 Å². The number of methoxy groups -OCH3 is 1. The maximum atomic E-state index is 13.3. The van der Waals surface area contributed by atoms with E-state index in [9.17, 15) is 4.39 Å². The molecular weight excluding hydrogens is 171 g/mol. The Balaban J connectivity index is 3.25. The standard InChI is InChI=1S/C9H15FN2O/c1-6-7(10)8(13-5)11-12(6)9(2,3)4/h1-5H3. The quantitative estimate of drug-likeness (QED) is 0.671. The highest BCUT2D eigenvalue weighted by Gasteiger charge is 2.22. The Labute approximate surface area is 77.5 Å². The third-order valence-corrected chi connectivity index (χ3v) is 1.84. The second kappa shape index (κ2) is 3.01. The Morgan fingerprint density at radius 1 is 1.38 bits per heavy atom. The summed E-state index contributed by atoms with van der Waals surface area (Å²) in [5.41, 5.74) is 0.283. The molecule has 0 amide bonds. The first-order valence-corrected chi connectivity index (χ1v) is 4.17. The van der Waals surface area contributed by atoms with Crippen LogP contribution in [0.3, 0.4) is 0 Å². The minimum Gasteiger partial charge on any atom is -0.478 e. The summed E-state index contributed by atoms with van der Waals surface area (Å²) in [6.07, 6.45) is 0. The monoisotopic (exact) mass is 186 g/mol. The molecule has 1 heterocycles. The number of ether oxygens (including phenoxy) is 1. The van der Waals surface area contributed by atoms with Gasteiger partial charge < -0.3 is 4.74 Å². The van der Waals surface area contributed by atoms with Gasteiger partial charge in [-0.1, -0.05) is 0 Å². The van der Waals surface area contributed by atoms with E-state index in [1.54, 1.807) is 11.6 Å². The summed E-state index contributed by atoms with van der Waals surface area (Å²) >= 11 is 0. The smallest absolute Gasteiger partial charge is 0.269 e. The van der Waals surface area contributed by atoms with Gasteiger partial charge in [-0.3, -0.25) is 4.68 Å². The van der Waals surface area contributed by atoms with Gasteiger partial charge in [-0.25, -0.2) is 0 Å². The number of rotatable bonds is 1. The maximum Gasteiger partial charge on any atom is 0.269 e. The molecule has 1 rings (SSSR count). The van der Waals surface area contributed by atoms with E-state index in [4.69, 9.17) is 4.74 Å². The van der Waals surface area contributed by atoms with E-state index in [1.807, 2.05) is 20.8 Å². The van der Waals surface area contributed by atoms with Crippen molar-refractivity contribution in [2.45, 2.75) is 33.2 Å². The normalized spacial score (nSPS) is 11.8. The van der Waals surface area contributed by atoms with Crippen molar-refractivity contribution in [2.75, 3.05) is 7.11 Å². The van der Waals surface area contributed by atoms with Crippen LogP contribution in [-0.4, -0.2) is 16.9 Å². The highest BCUT2D eigenvalue weighted by atomic mass is 19.1. The van der Waals surface area contributed by atoms with Gasteiger partial charge in [0, 0.05) is 0 Å². The third-order valence-electron chi connectivity index (χ3n) is 1.84. The Bertz CT molecular complexity index is 312. The summed E-state index contributed by atoms with van der Waals surface area (Å²) in [6.45, 7) is 7.58. The van der Waals surface area contributed by atoms with E-state index in [1.165, 1.54) is 7.11 Å². The van der Waals surface area contributed by atoms with Crippen molar-refractivity contribution in [3.63, 3.8) is 0 Å². The van der Waals surface area contributed by atoms with Gasteiger partial charge in [-0.05, 0) is 27.7 Å². The molecule has 0 unspecified atom stereocenters. The van der Waals surface area contributed by atoms with Crippen molar-refractivity contribution in [3.05, 3.63) is 11.5 Å². The van der Waals surface area contributed by atoms with Gasteiger partial charge in [0.15, 0.2) is 0 Å². The first-order valence-electron chi connectivity index (χ1n) is 4.17. The average molecular weight is 186 g/mol. The van der Waals surface area contributed by atoms with Gasteiger partial charge in [-0.2, -0.15) is 4.39 Å². The van der Waals surface area contributed by atoms with Crippen LogP contribution in [-0.2, 0) is 5.54 Å². The SMILES string of the molecule is COc1nn(C(C)(C)C)c(C)c1F. The van der Waals surface area contributed by atoms with Gasteiger partial charge in [0.05, 0.1) is 18.3 Å². The molecule has 0 fully saturated rings. The molecule has 0 saturated heterocycles. The zero-order valence-electron chi connectivity index (χ0n) is 8.68. The lowest BCUT2D eigenvalue weighted by Gasteiger charge is -2.20. The van der Waals surface area contributed by atoms with Crippen LogP contribution in [0.2, 0.25) is 0 Å². The molecule has 0 aliphatic heterocycles. The first kappa shape index (κ1) is 10.0. The molecule has 74 valence electrons. The fraction of sp³-hybridized carbons (Fsp3) is 0.667. The highest BCUT2D eigenvalue weighted by Crippen LogP contribution is 2.24. The molecule has 0 saturated carbocycles. The molecule has 3 nitrogen and oxygen atoms in total. The largest absolute Gasteiger partial charge is 0.478 e. The predicted molar refractivity (Wildman–Crippen MR) is 48.5 cm³/mol. The van der Waals surface area contributed by atoms with Crippen LogP contribution in [0.15, 0.2) is 0 Å². The summed E-state index contributed by atoms with van der Waals surface area (Å²) in [7, 11) is 1.41. The number of nitrogens with zero attached hydrogens (tertiary/aromatic N) is 2. The van der Waals surface area contributed by atoms with E-state index in [-0.39, 0.29) is 17.2 Å². The Hall–Kier alpha value is -1.06. The van der Waals surface area contributed by atoms with Crippen LogP contribution in [0.1, 0.15) is 26.5 Å². The molecule has 0 aliphatic carbocycles. The van der Waals surface area contributed by atoms with Crippen LogP contribution in [0.5, 0.6) is 5.88 Å². The Morgan fingerprint density at radius 2 is 1.92 bits per heavy atom. The molecule has 0 aliphatic rings. The van der Waals surface area contributed by atoms with E-state index in [0.29, 0.717) is 5.69 Å². The minimum absolute atomic E-state index is 0.0624. The van der Waals surface area contributed by atoms with Crippen molar-refractivity contribution in [2.24, 2.45) is 0 Å². The van der Waals surface area contributed by atoms with E-state index < -0.39 is 0 Å². The molecule has 0 N–H and O–H groups in total. The van der Waals surface area contributed by atoms with Gasteiger partial charge in [-0.15, -0.1) is 5.10 Å². The highest BCUT2D eigenvalue weighted by molar-refractivity contribution is 5.18. The summed E-state index contributed by atoms with van der Waals surface area (Å²) in [5.74, 6) is -0.315. The molecule has 4 heteroatoms. The van der Waals surface area contributed by atoms with Crippen molar-refractivity contribution in [3.8, 4) is 5.88 Å². The molecule has 0 radical (unpaired) electrons. The topological polar surface area (TPSA) is 27.1 Å². The number of hydrogen-bond donors (Lipinski definition) is 0.